The molecule has 0 fully saturated rings. The fraction of sp³-hybridized carbons (Fsp3) is 0.176. The zero-order valence-corrected chi connectivity index (χ0v) is 12.9. The lowest BCUT2D eigenvalue weighted by Gasteiger charge is -2.04. The van der Waals surface area contributed by atoms with Crippen LogP contribution in [0.3, 0.4) is 0 Å². The molecule has 0 heterocycles. The molecule has 6 heteroatoms. The van der Waals surface area contributed by atoms with E-state index < -0.39 is 0 Å². The van der Waals surface area contributed by atoms with Crippen molar-refractivity contribution in [3.8, 4) is 17.2 Å². The zero-order valence-electron chi connectivity index (χ0n) is 12.9. The number of rotatable bonds is 6. The van der Waals surface area contributed by atoms with Crippen LogP contribution in [0.2, 0.25) is 0 Å². The smallest absolute Gasteiger partial charge is 0.244 e. The van der Waals surface area contributed by atoms with Crippen LogP contribution < -0.4 is 14.9 Å². The van der Waals surface area contributed by atoms with Gasteiger partial charge >= 0.3 is 0 Å². The summed E-state index contributed by atoms with van der Waals surface area (Å²) in [5, 5.41) is 13.6. The van der Waals surface area contributed by atoms with Crippen LogP contribution in [0.25, 0.3) is 0 Å². The van der Waals surface area contributed by atoms with Crippen molar-refractivity contribution in [1.29, 1.82) is 0 Å². The summed E-state index contributed by atoms with van der Waals surface area (Å²) in [5.74, 6) is 1.13. The first kappa shape index (κ1) is 16.4. The average molecular weight is 314 g/mol. The van der Waals surface area contributed by atoms with E-state index >= 15 is 0 Å². The van der Waals surface area contributed by atoms with Crippen molar-refractivity contribution in [2.75, 3.05) is 14.2 Å². The number of hydrazone groups is 1. The monoisotopic (exact) mass is 314 g/mol. The molecule has 120 valence electrons. The van der Waals surface area contributed by atoms with Crippen LogP contribution in [0, 0.1) is 0 Å². The van der Waals surface area contributed by atoms with Crippen LogP contribution in [0.5, 0.6) is 17.2 Å². The maximum atomic E-state index is 11.8. The first-order chi connectivity index (χ1) is 11.1. The van der Waals surface area contributed by atoms with E-state index in [0.717, 1.165) is 11.3 Å². The van der Waals surface area contributed by atoms with E-state index in [2.05, 4.69) is 10.5 Å². The lowest BCUT2D eigenvalue weighted by atomic mass is 10.1. The van der Waals surface area contributed by atoms with Crippen LogP contribution in [0.4, 0.5) is 0 Å². The van der Waals surface area contributed by atoms with E-state index in [1.807, 2.05) is 12.1 Å². The maximum Gasteiger partial charge on any atom is 0.244 e. The number of amides is 1. The Morgan fingerprint density at radius 2 is 1.78 bits per heavy atom. The van der Waals surface area contributed by atoms with Gasteiger partial charge in [0.25, 0.3) is 0 Å². The van der Waals surface area contributed by atoms with Gasteiger partial charge in [-0.05, 0) is 35.9 Å². The van der Waals surface area contributed by atoms with Crippen LogP contribution in [-0.4, -0.2) is 31.4 Å². The Hall–Kier alpha value is -3.02. The Labute approximate surface area is 134 Å². The van der Waals surface area contributed by atoms with Gasteiger partial charge in [0, 0.05) is 5.56 Å². The van der Waals surface area contributed by atoms with Crippen LogP contribution in [0.15, 0.2) is 47.6 Å². The minimum Gasteiger partial charge on any atom is -0.507 e. The van der Waals surface area contributed by atoms with Gasteiger partial charge in [0.2, 0.25) is 5.91 Å². The summed E-state index contributed by atoms with van der Waals surface area (Å²) in [6.45, 7) is 0. The second-order valence-corrected chi connectivity index (χ2v) is 4.74. The largest absolute Gasteiger partial charge is 0.507 e. The maximum absolute atomic E-state index is 11.8. The number of nitrogens with zero attached hydrogens (tertiary/aromatic N) is 1. The van der Waals surface area contributed by atoms with Gasteiger partial charge in [-0.1, -0.05) is 12.1 Å². The van der Waals surface area contributed by atoms with E-state index in [9.17, 15) is 9.90 Å². The minimum atomic E-state index is -0.256. The van der Waals surface area contributed by atoms with Crippen molar-refractivity contribution in [2.45, 2.75) is 6.42 Å². The molecule has 0 aliphatic carbocycles. The third kappa shape index (κ3) is 4.74. The Balaban J connectivity index is 1.93. The van der Waals surface area contributed by atoms with Crippen LogP contribution >= 0.6 is 0 Å². The molecule has 0 bridgehead atoms. The number of phenols is 1. The zero-order chi connectivity index (χ0) is 16.7. The normalized spacial score (nSPS) is 10.5. The van der Waals surface area contributed by atoms with Gasteiger partial charge in [0.1, 0.15) is 17.2 Å². The van der Waals surface area contributed by atoms with Crippen molar-refractivity contribution in [1.82, 2.24) is 5.43 Å². The highest BCUT2D eigenvalue weighted by atomic mass is 16.5. The highest BCUT2D eigenvalue weighted by Crippen LogP contribution is 2.20. The second-order valence-electron chi connectivity index (χ2n) is 4.74. The summed E-state index contributed by atoms with van der Waals surface area (Å²) < 4.78 is 10.1. The molecule has 0 aromatic heterocycles. The number of methoxy groups -OCH3 is 2. The summed E-state index contributed by atoms with van der Waals surface area (Å²) in [7, 11) is 3.12. The van der Waals surface area contributed by atoms with Gasteiger partial charge in [-0.3, -0.25) is 4.79 Å². The first-order valence-corrected chi connectivity index (χ1v) is 6.94. The Morgan fingerprint density at radius 3 is 2.43 bits per heavy atom. The number of carbonyl (C=O) groups excluding carboxylic acids is 1. The molecule has 0 spiro atoms. The molecular weight excluding hydrogens is 296 g/mol. The number of hydrogen-bond acceptors (Lipinski definition) is 5. The molecular formula is C17H18N2O4. The molecule has 2 aromatic carbocycles. The third-order valence-electron chi connectivity index (χ3n) is 3.15. The van der Waals surface area contributed by atoms with Crippen molar-refractivity contribution < 1.29 is 19.4 Å². The molecule has 6 nitrogen and oxygen atoms in total. The summed E-state index contributed by atoms with van der Waals surface area (Å²) in [6, 6.07) is 12.0. The lowest BCUT2D eigenvalue weighted by Crippen LogP contribution is -2.19. The summed E-state index contributed by atoms with van der Waals surface area (Å²) in [4.78, 5) is 11.8. The average Bonchev–Trinajstić information content (AvgIpc) is 2.57. The van der Waals surface area contributed by atoms with E-state index in [1.54, 1.807) is 31.4 Å². The Kier molecular flexibility index (Phi) is 5.57. The van der Waals surface area contributed by atoms with Crippen molar-refractivity contribution in [3.05, 3.63) is 53.6 Å². The van der Waals surface area contributed by atoms with E-state index in [-0.39, 0.29) is 18.1 Å². The number of aromatic hydroxyl groups is 1. The standard InChI is InChI=1S/C17H18N2O4/c1-22-14-5-3-12(4-6-14)9-17(21)19-18-11-13-10-15(23-2)7-8-16(13)20/h3-8,10-11,20H,9H2,1-2H3,(H,19,21)/b18-11-. The lowest BCUT2D eigenvalue weighted by molar-refractivity contribution is -0.120. The highest BCUT2D eigenvalue weighted by Gasteiger charge is 2.03. The Morgan fingerprint density at radius 1 is 1.13 bits per heavy atom. The molecule has 23 heavy (non-hydrogen) atoms. The molecule has 0 aliphatic heterocycles. The molecule has 1 amide bonds. The van der Waals surface area contributed by atoms with Gasteiger partial charge in [0.15, 0.2) is 0 Å². The van der Waals surface area contributed by atoms with Crippen LogP contribution in [-0.2, 0) is 11.2 Å². The second kappa shape index (κ2) is 7.84. The number of hydrogen-bond donors (Lipinski definition) is 2. The topological polar surface area (TPSA) is 80.2 Å². The van der Waals surface area contributed by atoms with Gasteiger partial charge in [-0.15, -0.1) is 0 Å². The fourth-order valence-corrected chi connectivity index (χ4v) is 1.91. The van der Waals surface area contributed by atoms with Crippen molar-refractivity contribution in [2.24, 2.45) is 5.10 Å². The SMILES string of the molecule is COc1ccc(CC(=O)N/N=C\c2cc(OC)ccc2O)cc1. The molecule has 2 rings (SSSR count). The fourth-order valence-electron chi connectivity index (χ4n) is 1.91. The van der Waals surface area contributed by atoms with Gasteiger partial charge in [0.05, 0.1) is 26.9 Å². The van der Waals surface area contributed by atoms with E-state index in [4.69, 9.17) is 9.47 Å². The highest BCUT2D eigenvalue weighted by molar-refractivity contribution is 5.86. The molecule has 0 unspecified atom stereocenters. The number of nitrogens with one attached hydrogen (secondary N) is 1. The van der Waals surface area contributed by atoms with E-state index in [0.29, 0.717) is 11.3 Å². The third-order valence-corrected chi connectivity index (χ3v) is 3.15. The molecule has 0 atom stereocenters. The number of benzene rings is 2. The number of phenolic OH excluding ortho intramolecular Hbond substituents is 1. The van der Waals surface area contributed by atoms with Crippen LogP contribution in [0.1, 0.15) is 11.1 Å². The van der Waals surface area contributed by atoms with Gasteiger partial charge < -0.3 is 14.6 Å². The molecule has 0 saturated heterocycles. The summed E-state index contributed by atoms with van der Waals surface area (Å²) in [5.41, 5.74) is 3.72. The minimum absolute atomic E-state index is 0.0546. The van der Waals surface area contributed by atoms with Gasteiger partial charge in [-0.2, -0.15) is 5.10 Å². The number of carbonyl (C=O) groups is 1. The van der Waals surface area contributed by atoms with E-state index in [1.165, 1.54) is 19.4 Å². The predicted octanol–water partition coefficient (Wildman–Crippen LogP) is 2.10. The summed E-state index contributed by atoms with van der Waals surface area (Å²) >= 11 is 0. The van der Waals surface area contributed by atoms with Crippen molar-refractivity contribution >= 4 is 12.1 Å². The van der Waals surface area contributed by atoms with Crippen molar-refractivity contribution in [3.63, 3.8) is 0 Å². The molecule has 0 saturated carbocycles. The first-order valence-electron chi connectivity index (χ1n) is 6.94. The van der Waals surface area contributed by atoms with Gasteiger partial charge in [-0.25, -0.2) is 5.43 Å². The molecule has 0 radical (unpaired) electrons. The molecule has 2 N–H and O–H groups in total. The molecule has 0 aliphatic rings. The number of ether oxygens (including phenoxy) is 2. The quantitative estimate of drug-likeness (QED) is 0.632. The predicted molar refractivity (Wildman–Crippen MR) is 87.1 cm³/mol. The Bertz CT molecular complexity index is 696. The molecule has 2 aromatic rings. The summed E-state index contributed by atoms with van der Waals surface area (Å²) in [6.07, 6.45) is 1.56.